The van der Waals surface area contributed by atoms with Crippen molar-refractivity contribution in [3.63, 3.8) is 0 Å². The highest BCUT2D eigenvalue weighted by Gasteiger charge is 2.19. The molecule has 7 nitrogen and oxygen atoms in total. The zero-order valence-corrected chi connectivity index (χ0v) is 36.9. The van der Waals surface area contributed by atoms with E-state index in [1.165, 1.54) is 0 Å². The van der Waals surface area contributed by atoms with Gasteiger partial charge in [-0.3, -0.25) is 24.7 Å². The highest BCUT2D eigenvalue weighted by atomic mass is 16.1. The number of aryl methyl sites for hydroxylation is 1. The van der Waals surface area contributed by atoms with Gasteiger partial charge in [0.1, 0.15) is 0 Å². The van der Waals surface area contributed by atoms with Crippen molar-refractivity contribution in [2.24, 2.45) is 17.0 Å². The lowest BCUT2D eigenvalue weighted by Gasteiger charge is -2.19. The van der Waals surface area contributed by atoms with E-state index in [4.69, 9.17) is 4.98 Å². The highest BCUT2D eigenvalue weighted by molar-refractivity contribution is 6.15. The summed E-state index contributed by atoms with van der Waals surface area (Å²) in [5.41, 5.74) is 11.5. The maximum Gasteiger partial charge on any atom is 0.258 e. The average molecular weight is 827 g/mol. The Morgan fingerprint density at radius 2 is 1.48 bits per heavy atom. The third-order valence-electron chi connectivity index (χ3n) is 10.1. The van der Waals surface area contributed by atoms with Gasteiger partial charge < -0.3 is 4.57 Å². The fraction of sp³-hybridized carbons (Fsp3) is 0.107. The molecule has 0 spiro atoms. The number of allylic oxidation sites excluding steroid dienone is 15. The summed E-state index contributed by atoms with van der Waals surface area (Å²) in [4.78, 5) is 35.8. The summed E-state index contributed by atoms with van der Waals surface area (Å²) >= 11 is 0. The molecule has 0 saturated carbocycles. The molecule has 6 rings (SSSR count). The quantitative estimate of drug-likeness (QED) is 0.0447. The lowest BCUT2D eigenvalue weighted by Crippen LogP contribution is -2.18. The maximum absolute atomic E-state index is 14.1. The second-order valence-corrected chi connectivity index (χ2v) is 14.5. The predicted molar refractivity (Wildman–Crippen MR) is 273 cm³/mol. The van der Waals surface area contributed by atoms with Crippen LogP contribution in [0.3, 0.4) is 0 Å². The van der Waals surface area contributed by atoms with Crippen LogP contribution in [0.25, 0.3) is 61.1 Å². The molecule has 0 N–H and O–H groups in total. The number of pyridine rings is 4. The van der Waals surface area contributed by atoms with Crippen LogP contribution in [0.4, 0.5) is 0 Å². The Labute approximate surface area is 371 Å². The molecule has 4 heterocycles. The first kappa shape index (κ1) is 46.2. The molecule has 0 amide bonds. The van der Waals surface area contributed by atoms with Crippen LogP contribution in [-0.2, 0) is 7.05 Å². The van der Waals surface area contributed by atoms with E-state index in [1.807, 2.05) is 143 Å². The topological polar surface area (TPSA) is 85.4 Å². The summed E-state index contributed by atoms with van der Waals surface area (Å²) in [5, 5.41) is 2.43. The van der Waals surface area contributed by atoms with Crippen molar-refractivity contribution in [3.05, 3.63) is 228 Å². The summed E-state index contributed by atoms with van der Waals surface area (Å²) in [5.74, 6) is 0. The van der Waals surface area contributed by atoms with Gasteiger partial charge in [-0.05, 0) is 141 Å². The fourth-order valence-electron chi connectivity index (χ4n) is 7.07. The molecular formula is C56H54N6O. The highest BCUT2D eigenvalue weighted by Crippen LogP contribution is 2.37. The van der Waals surface area contributed by atoms with Crippen LogP contribution in [-0.4, -0.2) is 33.0 Å². The monoisotopic (exact) mass is 826 g/mol. The van der Waals surface area contributed by atoms with Crippen LogP contribution in [0, 0.1) is 0 Å². The van der Waals surface area contributed by atoms with Gasteiger partial charge in [-0.1, -0.05) is 110 Å². The molecule has 0 aliphatic heterocycles. The van der Waals surface area contributed by atoms with Gasteiger partial charge >= 0.3 is 0 Å². The van der Waals surface area contributed by atoms with Gasteiger partial charge in [0.2, 0.25) is 0 Å². The normalized spacial score (nSPS) is 12.5. The van der Waals surface area contributed by atoms with Crippen molar-refractivity contribution >= 4 is 63.1 Å². The van der Waals surface area contributed by atoms with Crippen LogP contribution in [0.15, 0.2) is 204 Å². The van der Waals surface area contributed by atoms with Crippen LogP contribution in [0.5, 0.6) is 0 Å². The number of hydrogen-bond acceptors (Lipinski definition) is 6. The van der Waals surface area contributed by atoms with E-state index in [1.54, 1.807) is 23.2 Å². The lowest BCUT2D eigenvalue weighted by atomic mass is 9.89. The molecule has 0 aliphatic carbocycles. The maximum atomic E-state index is 14.1. The zero-order valence-electron chi connectivity index (χ0n) is 36.9. The number of aliphatic imine (C=N–C) groups is 2. The smallest absolute Gasteiger partial charge is 0.258 e. The average Bonchev–Trinajstić information content (AvgIpc) is 3.31. The Kier molecular flexibility index (Phi) is 16.6. The minimum Gasteiger partial charge on any atom is -0.310 e. The molecule has 0 saturated heterocycles. The molecule has 0 bridgehead atoms. The van der Waals surface area contributed by atoms with E-state index in [-0.39, 0.29) is 5.56 Å². The number of nitrogens with zero attached hydrogens (tertiary/aromatic N) is 6. The van der Waals surface area contributed by atoms with E-state index in [2.05, 4.69) is 90.4 Å². The molecule has 2 aromatic carbocycles. The van der Waals surface area contributed by atoms with Crippen molar-refractivity contribution in [2.75, 3.05) is 0 Å². The van der Waals surface area contributed by atoms with Gasteiger partial charge in [-0.25, -0.2) is 4.98 Å². The molecule has 6 aromatic rings. The second-order valence-electron chi connectivity index (χ2n) is 14.5. The number of rotatable bonds is 15. The standard InChI is InChI=1S/C52H47N5O.C4H7N/c1-9-12-22-46(53-7)48-33-39(34-49(56-48)47-24-16-18-30-55-47)38(11-3)26-25-36(5)41-27-28-42(50-43-20-13-14-21-44(43)52(58)57(8)51(41)50)40(31-35(4)19-10-2)32-37(6)45-23-15-17-29-54-45;1-3-4-5-2/h9-18,20-34H,2,5-7,19H2,1,3-4,8H3;3-4H,2H2,1H3/b12-9-,26-25-,35-31+,38-11+,40-32+,46-22-;4-3-. The van der Waals surface area contributed by atoms with Crippen LogP contribution in [0.1, 0.15) is 62.2 Å². The van der Waals surface area contributed by atoms with E-state index < -0.39 is 0 Å². The van der Waals surface area contributed by atoms with Crippen molar-refractivity contribution in [2.45, 2.75) is 34.1 Å². The minimum atomic E-state index is -0.0850. The first-order valence-electron chi connectivity index (χ1n) is 20.6. The minimum absolute atomic E-state index is 0.0850. The van der Waals surface area contributed by atoms with Crippen LogP contribution in [0.2, 0.25) is 0 Å². The van der Waals surface area contributed by atoms with Gasteiger partial charge in [0, 0.05) is 42.0 Å². The summed E-state index contributed by atoms with van der Waals surface area (Å²) in [7, 11) is 1.83. The zero-order chi connectivity index (χ0) is 45.3. The molecule has 0 fully saturated rings. The van der Waals surface area contributed by atoms with Crippen LogP contribution >= 0.6 is 0 Å². The van der Waals surface area contributed by atoms with Gasteiger partial charge in [0.15, 0.2) is 0 Å². The molecular weight excluding hydrogens is 773 g/mol. The summed E-state index contributed by atoms with van der Waals surface area (Å²) in [6, 6.07) is 27.6. The first-order valence-corrected chi connectivity index (χ1v) is 20.6. The fourth-order valence-corrected chi connectivity index (χ4v) is 7.07. The summed E-state index contributed by atoms with van der Waals surface area (Å²) in [6.45, 7) is 27.9. The Morgan fingerprint density at radius 1 is 0.762 bits per heavy atom. The number of aromatic nitrogens is 4. The number of fused-ring (bicyclic) bond motifs is 3. The molecule has 63 heavy (non-hydrogen) atoms. The van der Waals surface area contributed by atoms with E-state index in [0.717, 1.165) is 78.7 Å². The Hall–Kier alpha value is -7.90. The molecule has 0 aliphatic rings. The Morgan fingerprint density at radius 3 is 2.10 bits per heavy atom. The summed E-state index contributed by atoms with van der Waals surface area (Å²) in [6.07, 6.45) is 25.7. The first-order chi connectivity index (χ1) is 30.6. The second kappa shape index (κ2) is 22.6. The van der Waals surface area contributed by atoms with Crippen LogP contribution < -0.4 is 5.56 Å². The lowest BCUT2D eigenvalue weighted by molar-refractivity contribution is 0.917. The van der Waals surface area contributed by atoms with Crippen molar-refractivity contribution in [3.8, 4) is 11.4 Å². The molecule has 0 unspecified atom stereocenters. The Balaban J connectivity index is 0.00000141. The predicted octanol–water partition coefficient (Wildman–Crippen LogP) is 13.7. The molecule has 314 valence electrons. The van der Waals surface area contributed by atoms with Crippen molar-refractivity contribution in [1.29, 1.82) is 0 Å². The van der Waals surface area contributed by atoms with Gasteiger partial charge in [0.05, 0.1) is 34.0 Å². The SMILES string of the molecule is C=CC/C(C)=C/C(=C\C(=C)c1ccccn1)c1ccc(C(=C)/C=C\C(=C/C)c2cc(/C(=C/C=C\C)N=C)nc(-c3ccccn3)c2)c2c1c1ccccc1c(=O)n2C.C=N/C=C\C. The van der Waals surface area contributed by atoms with E-state index in [0.29, 0.717) is 22.5 Å². The number of hydrogen-bond donors (Lipinski definition) is 0. The molecule has 0 atom stereocenters. The number of benzene rings is 2. The van der Waals surface area contributed by atoms with E-state index in [9.17, 15) is 4.79 Å². The third kappa shape index (κ3) is 11.3. The van der Waals surface area contributed by atoms with Gasteiger partial charge in [0.25, 0.3) is 5.56 Å². The van der Waals surface area contributed by atoms with E-state index >= 15 is 0 Å². The van der Waals surface area contributed by atoms with Gasteiger partial charge in [-0.15, -0.1) is 6.58 Å². The largest absolute Gasteiger partial charge is 0.310 e. The van der Waals surface area contributed by atoms with Gasteiger partial charge in [-0.2, -0.15) is 0 Å². The van der Waals surface area contributed by atoms with Crippen molar-refractivity contribution in [1.82, 2.24) is 19.5 Å². The summed E-state index contributed by atoms with van der Waals surface area (Å²) < 4.78 is 1.74. The van der Waals surface area contributed by atoms with Crippen molar-refractivity contribution < 1.29 is 0 Å². The molecule has 4 aromatic heterocycles. The third-order valence-corrected chi connectivity index (χ3v) is 10.1. The Bertz CT molecular complexity index is 2950. The molecule has 0 radical (unpaired) electrons. The molecule has 7 heteroatoms.